The van der Waals surface area contributed by atoms with E-state index in [4.69, 9.17) is 4.42 Å². The third-order valence-electron chi connectivity index (χ3n) is 8.69. The van der Waals surface area contributed by atoms with Crippen molar-refractivity contribution in [3.63, 3.8) is 0 Å². The second-order valence-corrected chi connectivity index (χ2v) is 11.5. The number of H-pyrrole nitrogens is 4. The molecule has 0 saturated heterocycles. The van der Waals surface area contributed by atoms with Gasteiger partial charge in [-0.15, -0.1) is 0 Å². The minimum atomic E-state index is 0. The zero-order valence-corrected chi connectivity index (χ0v) is 26.0. The maximum Gasteiger partial charge on any atom is 0.137 e. The van der Waals surface area contributed by atoms with Crippen LogP contribution in [-0.4, -0.2) is 19.9 Å². The van der Waals surface area contributed by atoms with E-state index in [1.807, 2.05) is 12.1 Å². The molecule has 0 aliphatic carbocycles. The van der Waals surface area contributed by atoms with Gasteiger partial charge >= 0.3 is 0 Å². The van der Waals surface area contributed by atoms with E-state index >= 15 is 0 Å². The van der Waals surface area contributed by atoms with Gasteiger partial charge in [0.05, 0.1) is 38.7 Å². The molecule has 0 fully saturated rings. The topological polar surface area (TPSA) is 76.3 Å². The Kier molecular flexibility index (Phi) is 7.09. The molecule has 0 amide bonds. The molecule has 9 rings (SSSR count). The maximum absolute atomic E-state index is 6.78. The van der Waals surface area contributed by atoms with Gasteiger partial charge in [0, 0.05) is 35.4 Å². The van der Waals surface area contributed by atoms with Crippen LogP contribution >= 0.6 is 0 Å². The van der Waals surface area contributed by atoms with E-state index in [0.717, 1.165) is 88.7 Å². The third kappa shape index (κ3) is 5.03. The van der Waals surface area contributed by atoms with Crippen LogP contribution in [0.25, 0.3) is 88.7 Å². The Labute approximate surface area is 276 Å². The van der Waals surface area contributed by atoms with Crippen LogP contribution in [0.2, 0.25) is 0 Å². The van der Waals surface area contributed by atoms with Crippen LogP contribution in [0.4, 0.5) is 0 Å². The smallest absolute Gasteiger partial charge is 0.137 e. The van der Waals surface area contributed by atoms with Crippen LogP contribution in [0.5, 0.6) is 0 Å². The van der Waals surface area contributed by atoms with Gasteiger partial charge in [0.15, 0.2) is 0 Å². The van der Waals surface area contributed by atoms with E-state index in [9.17, 15) is 0 Å². The van der Waals surface area contributed by atoms with E-state index in [1.165, 1.54) is 0 Å². The minimum Gasteiger partial charge on any atom is -1.00 e. The van der Waals surface area contributed by atoms with Crippen LogP contribution < -0.4 is 12.4 Å². The lowest BCUT2D eigenvalue weighted by molar-refractivity contribution is -0.00000944. The molecule has 10 bridgehead atoms. The van der Waals surface area contributed by atoms with Crippen LogP contribution in [0.1, 0.15) is 0 Å². The molecule has 3 aromatic carbocycles. The number of rotatable bonds is 3. The molecule has 47 heavy (non-hydrogen) atoms. The molecule has 0 saturated carbocycles. The zero-order valence-electron chi connectivity index (χ0n) is 25.2. The van der Waals surface area contributed by atoms with Crippen LogP contribution in [0.3, 0.4) is 0 Å². The summed E-state index contributed by atoms with van der Waals surface area (Å²) in [5.41, 5.74) is 16.0. The zero-order chi connectivity index (χ0) is 30.5. The van der Waals surface area contributed by atoms with Gasteiger partial charge < -0.3 is 36.8 Å². The number of aromatic amines is 4. The fourth-order valence-electron chi connectivity index (χ4n) is 6.53. The highest BCUT2D eigenvalue weighted by Gasteiger charge is 2.15. The summed E-state index contributed by atoms with van der Waals surface area (Å²) in [5.74, 6) is 0. The highest BCUT2D eigenvalue weighted by atomic mass is 35.5. The first-order valence-corrected chi connectivity index (χ1v) is 15.4. The number of hydrogen-bond donors (Lipinski definition) is 4. The average molecular weight is 629 g/mol. The lowest BCUT2D eigenvalue weighted by atomic mass is 10.1. The molecule has 226 valence electrons. The molecule has 0 radical (unpaired) electrons. The number of furan rings is 1. The van der Waals surface area contributed by atoms with Crippen molar-refractivity contribution in [3.8, 4) is 33.4 Å². The second-order valence-electron chi connectivity index (χ2n) is 11.5. The lowest BCUT2D eigenvalue weighted by Gasteiger charge is -2.03. The number of nitrogens with one attached hydrogen (secondary N) is 4. The third-order valence-corrected chi connectivity index (χ3v) is 8.69. The Morgan fingerprint density at radius 1 is 0.362 bits per heavy atom. The van der Waals surface area contributed by atoms with Gasteiger partial charge in [-0.1, -0.05) is 60.7 Å². The van der Waals surface area contributed by atoms with E-state index in [1.54, 1.807) is 0 Å². The van der Waals surface area contributed by atoms with E-state index in [0.29, 0.717) is 0 Å². The number of aromatic nitrogens is 4. The van der Waals surface area contributed by atoms with Crippen molar-refractivity contribution in [1.82, 2.24) is 19.9 Å². The molecule has 9 aromatic rings. The van der Waals surface area contributed by atoms with Crippen molar-refractivity contribution in [1.29, 1.82) is 0 Å². The molecular formula is C41H29ClN4O. The van der Waals surface area contributed by atoms with Gasteiger partial charge in [-0.3, -0.25) is 0 Å². The number of hydrogen-bond acceptors (Lipinski definition) is 1. The quantitative estimate of drug-likeness (QED) is 0.146. The van der Waals surface area contributed by atoms with Crippen molar-refractivity contribution in [3.05, 3.63) is 152 Å². The summed E-state index contributed by atoms with van der Waals surface area (Å²) in [7, 11) is 0. The minimum absolute atomic E-state index is 0. The summed E-state index contributed by atoms with van der Waals surface area (Å²) in [5, 5.41) is 0. The summed E-state index contributed by atoms with van der Waals surface area (Å²) < 4.78 is 6.78. The Bertz CT molecular complexity index is 2470. The molecule has 0 unspecified atom stereocenters. The van der Waals surface area contributed by atoms with Gasteiger partial charge in [0.25, 0.3) is 0 Å². The van der Waals surface area contributed by atoms with Crippen molar-refractivity contribution in [2.24, 2.45) is 0 Å². The SMILES string of the molecule is [Cl-].c1ccc(-c2c3ccc([nH]3)c3ccc([nH]3)[c+](-c3ccccc3)c3ccc([nH]3)c3ccc([nH]3)c(-c3ccccc3)c3ccc2o3)cc1. The molecule has 6 aromatic heterocycles. The normalized spacial score (nSPS) is 11.2. The number of benzene rings is 3. The highest BCUT2D eigenvalue weighted by Crippen LogP contribution is 2.35. The Morgan fingerprint density at radius 2 is 0.745 bits per heavy atom. The number of fused-ring (bicyclic) bond motifs is 12. The van der Waals surface area contributed by atoms with Gasteiger partial charge in [-0.05, 0) is 77.9 Å². The fraction of sp³-hybridized carbons (Fsp3) is 0. The molecule has 0 aliphatic rings. The van der Waals surface area contributed by atoms with Crippen LogP contribution in [0.15, 0.2) is 156 Å². The second kappa shape index (κ2) is 11.7. The molecule has 0 atom stereocenters. The maximum atomic E-state index is 6.78. The largest absolute Gasteiger partial charge is 1.00 e. The predicted molar refractivity (Wildman–Crippen MR) is 191 cm³/mol. The molecule has 0 spiro atoms. The van der Waals surface area contributed by atoms with Crippen LogP contribution in [0, 0.1) is 0 Å². The molecule has 6 heterocycles. The van der Waals surface area contributed by atoms with Crippen molar-refractivity contribution in [2.75, 3.05) is 0 Å². The Morgan fingerprint density at radius 3 is 1.21 bits per heavy atom. The van der Waals surface area contributed by atoms with Crippen molar-refractivity contribution >= 4 is 55.3 Å². The summed E-state index contributed by atoms with van der Waals surface area (Å²) in [4.78, 5) is 14.8. The molecule has 4 N–H and O–H groups in total. The summed E-state index contributed by atoms with van der Waals surface area (Å²) in [6.45, 7) is 0. The Hall–Kier alpha value is -6.04. The summed E-state index contributed by atoms with van der Waals surface area (Å²) in [6, 6.07) is 52.6. The first-order valence-electron chi connectivity index (χ1n) is 15.4. The van der Waals surface area contributed by atoms with Crippen molar-refractivity contribution in [2.45, 2.75) is 0 Å². The summed E-state index contributed by atoms with van der Waals surface area (Å²) in [6.07, 6.45) is 0. The average Bonchev–Trinajstić information content (AvgIpc) is 3.94. The standard InChI is InChI=1S/C41H29N4O.ClH/c1-4-10-26(11-5-1)39-33-20-16-29(42-33)31-18-22-35(44-31)40(27-12-6-2-7-13-27)37-24-25-38(46-37)41(28-14-8-3-9-15-28)36-23-19-32(45-36)30-17-21-34(39)43-30;/h1-25,42-45H;1H/q+1;/p-1. The van der Waals surface area contributed by atoms with E-state index in [-0.39, 0.29) is 12.4 Å². The van der Waals surface area contributed by atoms with Crippen molar-refractivity contribution < 1.29 is 16.8 Å². The van der Waals surface area contributed by atoms with Crippen LogP contribution in [-0.2, 0) is 0 Å². The molecule has 5 nitrogen and oxygen atoms in total. The number of halogens is 1. The van der Waals surface area contributed by atoms with E-state index < -0.39 is 0 Å². The van der Waals surface area contributed by atoms with Gasteiger partial charge in [-0.25, -0.2) is 0 Å². The first kappa shape index (κ1) is 28.4. The highest BCUT2D eigenvalue weighted by molar-refractivity contribution is 5.99. The monoisotopic (exact) mass is 628 g/mol. The van der Waals surface area contributed by atoms with Gasteiger partial charge in [0.2, 0.25) is 0 Å². The fourth-order valence-corrected chi connectivity index (χ4v) is 6.53. The predicted octanol–water partition coefficient (Wildman–Crippen LogP) is 8.33. The first-order chi connectivity index (χ1) is 22.8. The lowest BCUT2D eigenvalue weighted by Crippen LogP contribution is -3.00. The Balaban J connectivity index is 0.00000324. The molecule has 0 aliphatic heterocycles. The molecular weight excluding hydrogens is 600 g/mol. The van der Waals surface area contributed by atoms with E-state index in [2.05, 4.69) is 159 Å². The van der Waals surface area contributed by atoms with Gasteiger partial charge in [0.1, 0.15) is 27.8 Å². The summed E-state index contributed by atoms with van der Waals surface area (Å²) >= 11 is 0. The molecule has 6 heteroatoms. The van der Waals surface area contributed by atoms with Gasteiger partial charge in [-0.2, -0.15) is 0 Å².